The van der Waals surface area contributed by atoms with Crippen LogP contribution in [0.1, 0.15) is 27.7 Å². The minimum Gasteiger partial charge on any atom is -0.0622 e. The molecule has 1 heteroatoms. The predicted octanol–water partition coefficient (Wildman–Crippen LogP) is 0.950. The van der Waals surface area contributed by atoms with Gasteiger partial charge in [-0.25, -0.2) is 0 Å². The molecule has 0 aromatic heterocycles. The van der Waals surface area contributed by atoms with E-state index in [9.17, 15) is 0 Å². The Morgan fingerprint density at radius 2 is 1.43 bits per heavy atom. The Morgan fingerprint density at radius 3 is 1.43 bits per heavy atom. The summed E-state index contributed by atoms with van der Waals surface area (Å²) in [4.78, 5) is 0. The number of rotatable bonds is 0. The van der Waals surface area contributed by atoms with Crippen molar-refractivity contribution in [1.82, 2.24) is 0 Å². The lowest BCUT2D eigenvalue weighted by Gasteiger charge is -2.22. The lowest BCUT2D eigenvalue weighted by atomic mass is 9.93. The molecule has 0 aromatic carbocycles. The largest absolute Gasteiger partial charge is 0.0622 e. The summed E-state index contributed by atoms with van der Waals surface area (Å²) in [7, 11) is 1.24. The van der Waals surface area contributed by atoms with Gasteiger partial charge in [-0.05, 0) is 11.0 Å². The lowest BCUT2D eigenvalue weighted by molar-refractivity contribution is 0.476. The maximum absolute atomic E-state index is 2.26. The van der Waals surface area contributed by atoms with Crippen molar-refractivity contribution in [3.05, 3.63) is 5.54 Å². The molecule has 43 valence electrons. The van der Waals surface area contributed by atoms with Gasteiger partial charge in [-0.2, -0.15) is 0 Å². The molecule has 0 nitrogen and oxygen atoms in total. The van der Waals surface area contributed by atoms with E-state index in [0.717, 1.165) is 0 Å². The van der Waals surface area contributed by atoms with Crippen molar-refractivity contribution in [1.29, 1.82) is 0 Å². The Balaban J connectivity index is 3.54. The average molecular weight is 115 g/mol. The topological polar surface area (TPSA) is 0 Å². The second-order valence-corrected chi connectivity index (χ2v) is 4.75. The molecule has 0 spiro atoms. The summed E-state index contributed by atoms with van der Waals surface area (Å²) in [5.41, 5.74) is 2.11. The third kappa shape index (κ3) is 2.86. The predicted molar refractivity (Wildman–Crippen MR) is 38.3 cm³/mol. The molecule has 0 aliphatic rings. The van der Waals surface area contributed by atoms with Gasteiger partial charge in [-0.15, -0.1) is 0 Å². The molecule has 7 heavy (non-hydrogen) atoms. The van der Waals surface area contributed by atoms with E-state index in [1.54, 1.807) is 5.54 Å². The number of hydrogen-bond acceptors (Lipinski definition) is 0. The van der Waals surface area contributed by atoms with E-state index in [2.05, 4.69) is 27.7 Å². The van der Waals surface area contributed by atoms with Crippen LogP contribution in [-0.4, -0.2) is 10.2 Å². The molecule has 0 bridgehead atoms. The zero-order chi connectivity index (χ0) is 6.08. The summed E-state index contributed by atoms with van der Waals surface area (Å²) < 4.78 is 0. The van der Waals surface area contributed by atoms with Crippen molar-refractivity contribution in [3.8, 4) is 0 Å². The molecular weight excluding hydrogens is 100 g/mol. The zero-order valence-electron chi connectivity index (χ0n) is 6.00. The second kappa shape index (κ2) is 1.99. The molecule has 0 aromatic rings. The van der Waals surface area contributed by atoms with Gasteiger partial charge in [-0.3, -0.25) is 0 Å². The minimum absolute atomic E-state index is 0.478. The van der Waals surface area contributed by atoms with Gasteiger partial charge >= 0.3 is 0 Å². The Bertz CT molecular complexity index is 49.7. The molecule has 0 unspecified atom stereocenters. The van der Waals surface area contributed by atoms with Crippen molar-refractivity contribution in [2.75, 3.05) is 0 Å². The van der Waals surface area contributed by atoms with Crippen LogP contribution in [0.5, 0.6) is 0 Å². The van der Waals surface area contributed by atoms with Crippen LogP contribution in [0, 0.1) is 11.0 Å². The molecular formula is C6H15Si. The molecule has 0 N–H and O–H groups in total. The van der Waals surface area contributed by atoms with Crippen LogP contribution in [-0.2, 0) is 0 Å². The molecule has 0 aliphatic heterocycles. The van der Waals surface area contributed by atoms with Gasteiger partial charge in [0.05, 0.1) is 0 Å². The highest BCUT2D eigenvalue weighted by Gasteiger charge is 2.14. The van der Waals surface area contributed by atoms with Gasteiger partial charge in [-0.1, -0.05) is 27.7 Å². The fourth-order valence-corrected chi connectivity index (χ4v) is 0. The summed E-state index contributed by atoms with van der Waals surface area (Å²) >= 11 is 0. The molecule has 0 atom stereocenters. The average Bonchev–Trinajstić information content (AvgIpc) is 1.31. The molecule has 0 saturated heterocycles. The highest BCUT2D eigenvalue weighted by atomic mass is 28.1. The van der Waals surface area contributed by atoms with E-state index in [-0.39, 0.29) is 0 Å². The highest BCUT2D eigenvalue weighted by Crippen LogP contribution is 2.23. The van der Waals surface area contributed by atoms with Crippen LogP contribution in [0.4, 0.5) is 0 Å². The zero-order valence-corrected chi connectivity index (χ0v) is 8.00. The van der Waals surface area contributed by atoms with Crippen molar-refractivity contribution in [2.24, 2.45) is 5.41 Å². The summed E-state index contributed by atoms with van der Waals surface area (Å²) in [5, 5.41) is 0. The van der Waals surface area contributed by atoms with Gasteiger partial charge < -0.3 is 0 Å². The van der Waals surface area contributed by atoms with E-state index in [4.69, 9.17) is 0 Å². The molecule has 0 heterocycles. The van der Waals surface area contributed by atoms with Gasteiger partial charge in [0.1, 0.15) is 0 Å². The maximum atomic E-state index is 2.26. The third-order valence-corrected chi connectivity index (χ3v) is 3.00. The third-order valence-electron chi connectivity index (χ3n) is 1.50. The first-order valence-electron chi connectivity index (χ1n) is 2.75. The van der Waals surface area contributed by atoms with Crippen LogP contribution in [0.3, 0.4) is 0 Å². The van der Waals surface area contributed by atoms with Crippen LogP contribution in [0.15, 0.2) is 0 Å². The van der Waals surface area contributed by atoms with Crippen LogP contribution < -0.4 is 0 Å². The van der Waals surface area contributed by atoms with E-state index in [0.29, 0.717) is 5.41 Å². The Labute approximate surface area is 49.7 Å². The molecule has 0 aliphatic carbocycles. The first-order chi connectivity index (χ1) is 2.94. The van der Waals surface area contributed by atoms with E-state index < -0.39 is 0 Å². The van der Waals surface area contributed by atoms with Gasteiger partial charge in [0.2, 0.25) is 0 Å². The molecule has 0 amide bonds. The normalized spacial score (nSPS) is 13.3. The first kappa shape index (κ1) is 7.22. The SMILES string of the molecule is C[C]([SiH3])C(C)(C)C. The first-order valence-corrected chi connectivity index (χ1v) is 3.75. The smallest absolute Gasteiger partial charge is 0.0113 e. The Kier molecular flexibility index (Phi) is 2.05. The van der Waals surface area contributed by atoms with Crippen molar-refractivity contribution in [2.45, 2.75) is 27.7 Å². The fourth-order valence-electron chi connectivity index (χ4n) is 0. The van der Waals surface area contributed by atoms with E-state index in [1.807, 2.05) is 0 Å². The summed E-state index contributed by atoms with van der Waals surface area (Å²) in [6.07, 6.45) is 0. The Hall–Kier alpha value is 0.217. The van der Waals surface area contributed by atoms with Crippen molar-refractivity contribution >= 4 is 10.2 Å². The van der Waals surface area contributed by atoms with Crippen LogP contribution in [0.25, 0.3) is 0 Å². The van der Waals surface area contributed by atoms with E-state index in [1.165, 1.54) is 10.2 Å². The minimum atomic E-state index is 0.478. The standard InChI is InChI=1S/C6H15Si/c1-5(7)6(2,3)4/h1-4,7H3. The van der Waals surface area contributed by atoms with Gasteiger partial charge in [0, 0.05) is 10.2 Å². The summed E-state index contributed by atoms with van der Waals surface area (Å²) in [6, 6.07) is 0. The van der Waals surface area contributed by atoms with Crippen molar-refractivity contribution in [3.63, 3.8) is 0 Å². The second-order valence-electron chi connectivity index (χ2n) is 3.25. The van der Waals surface area contributed by atoms with Gasteiger partial charge in [0.25, 0.3) is 0 Å². The number of hydrogen-bond donors (Lipinski definition) is 0. The maximum Gasteiger partial charge on any atom is 0.0113 e. The highest BCUT2D eigenvalue weighted by molar-refractivity contribution is 6.18. The molecule has 0 fully saturated rings. The summed E-state index contributed by atoms with van der Waals surface area (Å²) in [5.74, 6) is 0. The quantitative estimate of drug-likeness (QED) is 0.412. The molecule has 0 rings (SSSR count). The van der Waals surface area contributed by atoms with Crippen LogP contribution in [0.2, 0.25) is 0 Å². The fraction of sp³-hybridized carbons (Fsp3) is 0.833. The summed E-state index contributed by atoms with van der Waals surface area (Å²) in [6.45, 7) is 9.01. The molecule has 1 radical (unpaired) electrons. The monoisotopic (exact) mass is 115 g/mol. The van der Waals surface area contributed by atoms with E-state index >= 15 is 0 Å². The lowest BCUT2D eigenvalue weighted by Crippen LogP contribution is -2.14. The van der Waals surface area contributed by atoms with Crippen molar-refractivity contribution < 1.29 is 0 Å². The Morgan fingerprint density at radius 1 is 1.29 bits per heavy atom. The van der Waals surface area contributed by atoms with Crippen LogP contribution >= 0.6 is 0 Å². The molecule has 0 saturated carbocycles. The van der Waals surface area contributed by atoms with Gasteiger partial charge in [0.15, 0.2) is 0 Å².